The molecule has 0 saturated carbocycles. The van der Waals surface area contributed by atoms with Crippen LogP contribution in [0.3, 0.4) is 0 Å². The first kappa shape index (κ1) is 11.0. The number of rotatable bonds is 2. The molecule has 0 aromatic carbocycles. The van der Waals surface area contributed by atoms with Gasteiger partial charge in [-0.15, -0.1) is 11.6 Å². The van der Waals surface area contributed by atoms with Gasteiger partial charge >= 0.3 is 0 Å². The topological polar surface area (TPSA) is 12.9 Å². The van der Waals surface area contributed by atoms with Crippen molar-refractivity contribution in [1.82, 2.24) is 4.98 Å². The van der Waals surface area contributed by atoms with Crippen molar-refractivity contribution in [1.29, 1.82) is 0 Å². The highest BCUT2D eigenvalue weighted by atomic mass is 127. The maximum Gasteiger partial charge on any atom is 0.283 e. The van der Waals surface area contributed by atoms with Gasteiger partial charge in [0.15, 0.2) is 5.82 Å². The molecule has 0 aliphatic heterocycles. The van der Waals surface area contributed by atoms with Crippen molar-refractivity contribution in [2.75, 3.05) is 0 Å². The highest BCUT2D eigenvalue weighted by Gasteiger charge is 2.18. The van der Waals surface area contributed by atoms with Gasteiger partial charge in [-0.2, -0.15) is 0 Å². The Hall–Kier alpha value is -0.0400. The van der Waals surface area contributed by atoms with E-state index in [0.717, 1.165) is 0 Å². The zero-order valence-corrected chi connectivity index (χ0v) is 9.11. The summed E-state index contributed by atoms with van der Waals surface area (Å²) in [5.74, 6) is -1.14. The molecule has 0 amide bonds. The summed E-state index contributed by atoms with van der Waals surface area (Å²) in [6.45, 7) is 0. The summed E-state index contributed by atoms with van der Waals surface area (Å²) in [6.07, 6.45) is -2.91. The fourth-order valence-electron chi connectivity index (χ4n) is 0.810. The van der Waals surface area contributed by atoms with E-state index in [1.807, 2.05) is 0 Å². The molecule has 1 heterocycles. The van der Waals surface area contributed by atoms with Gasteiger partial charge in [0.05, 0.1) is 5.88 Å². The fourth-order valence-corrected chi connectivity index (χ4v) is 1.64. The quantitative estimate of drug-likeness (QED) is 0.461. The van der Waals surface area contributed by atoms with Gasteiger partial charge < -0.3 is 0 Å². The molecule has 0 aliphatic carbocycles. The van der Waals surface area contributed by atoms with Crippen molar-refractivity contribution in [2.45, 2.75) is 12.3 Å². The average molecular weight is 321 g/mol. The summed E-state index contributed by atoms with van der Waals surface area (Å²) in [7, 11) is 0. The number of aromatic nitrogens is 1. The van der Waals surface area contributed by atoms with Crippen molar-refractivity contribution in [3.8, 4) is 0 Å². The largest absolute Gasteiger partial charge is 0.283 e. The van der Waals surface area contributed by atoms with Crippen LogP contribution in [-0.2, 0) is 5.88 Å². The van der Waals surface area contributed by atoms with Crippen LogP contribution in [-0.4, -0.2) is 4.98 Å². The molecule has 0 saturated heterocycles. The van der Waals surface area contributed by atoms with Crippen LogP contribution in [0.1, 0.15) is 17.7 Å². The summed E-state index contributed by atoms with van der Waals surface area (Å²) >= 11 is 7.10. The maximum atomic E-state index is 13.1. The third-order valence-electron chi connectivity index (χ3n) is 1.38. The lowest BCUT2D eigenvalue weighted by molar-refractivity contribution is 0.140. The summed E-state index contributed by atoms with van der Waals surface area (Å²) < 4.78 is 37.7. The van der Waals surface area contributed by atoms with Crippen molar-refractivity contribution < 1.29 is 13.2 Å². The zero-order valence-electron chi connectivity index (χ0n) is 6.20. The van der Waals surface area contributed by atoms with E-state index in [2.05, 4.69) is 4.98 Å². The first-order chi connectivity index (χ1) is 6.06. The Bertz CT molecular complexity index is 319. The first-order valence-corrected chi connectivity index (χ1v) is 4.86. The van der Waals surface area contributed by atoms with E-state index in [-0.39, 0.29) is 11.4 Å². The molecule has 6 heteroatoms. The molecule has 1 rings (SSSR count). The van der Waals surface area contributed by atoms with Gasteiger partial charge in [-0.25, -0.2) is 18.2 Å². The van der Waals surface area contributed by atoms with Crippen LogP contribution in [0.2, 0.25) is 0 Å². The van der Waals surface area contributed by atoms with Gasteiger partial charge in [0.1, 0.15) is 9.39 Å². The lowest BCUT2D eigenvalue weighted by Crippen LogP contribution is -2.01. The van der Waals surface area contributed by atoms with Crippen LogP contribution in [0.15, 0.2) is 6.07 Å². The van der Waals surface area contributed by atoms with Crippen LogP contribution >= 0.6 is 34.2 Å². The molecule has 72 valence electrons. The lowest BCUT2D eigenvalue weighted by Gasteiger charge is -2.05. The Labute approximate surface area is 91.4 Å². The van der Waals surface area contributed by atoms with E-state index in [1.165, 1.54) is 6.07 Å². The maximum absolute atomic E-state index is 13.1. The predicted molar refractivity (Wildman–Crippen MR) is 51.4 cm³/mol. The molecule has 0 spiro atoms. The highest BCUT2D eigenvalue weighted by molar-refractivity contribution is 14.1. The molecule has 1 aromatic heterocycles. The molecule has 0 atom stereocenters. The van der Waals surface area contributed by atoms with E-state index in [0.29, 0.717) is 3.70 Å². The minimum atomic E-state index is -2.91. The number of halogens is 5. The summed E-state index contributed by atoms with van der Waals surface area (Å²) in [5.41, 5.74) is -0.779. The van der Waals surface area contributed by atoms with E-state index in [4.69, 9.17) is 11.6 Å². The molecule has 1 nitrogen and oxygen atoms in total. The third-order valence-corrected chi connectivity index (χ3v) is 2.22. The molecule has 0 fully saturated rings. The number of alkyl halides is 3. The molecule has 0 unspecified atom stereocenters. The number of hydrogen-bond donors (Lipinski definition) is 0. The average Bonchev–Trinajstić information content (AvgIpc) is 2.08. The van der Waals surface area contributed by atoms with Crippen molar-refractivity contribution in [3.63, 3.8) is 0 Å². The molecule has 13 heavy (non-hydrogen) atoms. The van der Waals surface area contributed by atoms with Gasteiger partial charge in [-0.3, -0.25) is 0 Å². The Kier molecular flexibility index (Phi) is 3.78. The van der Waals surface area contributed by atoms with Gasteiger partial charge in [0.25, 0.3) is 6.43 Å². The Balaban J connectivity index is 3.27. The second-order valence-electron chi connectivity index (χ2n) is 2.24. The Morgan fingerprint density at radius 1 is 1.54 bits per heavy atom. The zero-order chi connectivity index (χ0) is 10.0. The normalized spacial score (nSPS) is 10.9. The first-order valence-electron chi connectivity index (χ1n) is 3.25. The van der Waals surface area contributed by atoms with Crippen LogP contribution in [0.5, 0.6) is 0 Å². The van der Waals surface area contributed by atoms with Crippen molar-refractivity contribution in [3.05, 3.63) is 26.8 Å². The smallest absolute Gasteiger partial charge is 0.238 e. The van der Waals surface area contributed by atoms with E-state index in [1.54, 1.807) is 22.6 Å². The Morgan fingerprint density at radius 3 is 2.62 bits per heavy atom. The molecule has 0 N–H and O–H groups in total. The van der Waals surface area contributed by atoms with Crippen LogP contribution in [0.25, 0.3) is 0 Å². The van der Waals surface area contributed by atoms with Crippen LogP contribution in [0.4, 0.5) is 13.2 Å². The van der Waals surface area contributed by atoms with Crippen molar-refractivity contribution >= 4 is 34.2 Å². The van der Waals surface area contributed by atoms with Crippen LogP contribution < -0.4 is 0 Å². The Morgan fingerprint density at radius 2 is 2.15 bits per heavy atom. The predicted octanol–water partition coefficient (Wildman–Crippen LogP) is 3.50. The molecule has 0 bridgehead atoms. The minimum absolute atomic E-state index is 0.0522. The number of nitrogens with zero attached hydrogens (tertiary/aromatic N) is 1. The molecular formula is C7H4ClF3IN. The standard InChI is InChI=1S/C7H4ClF3IN/c8-2-3-1-4(12)13-6(5(3)9)7(10)11/h1,7H,2H2. The molecule has 1 aromatic rings. The number of hydrogen-bond acceptors (Lipinski definition) is 1. The molecular weight excluding hydrogens is 317 g/mol. The van der Waals surface area contributed by atoms with Gasteiger partial charge in [-0.05, 0) is 28.7 Å². The van der Waals surface area contributed by atoms with E-state index in [9.17, 15) is 13.2 Å². The SMILES string of the molecule is Fc1c(CCl)cc(I)nc1C(F)F. The van der Waals surface area contributed by atoms with E-state index >= 15 is 0 Å². The minimum Gasteiger partial charge on any atom is -0.238 e. The monoisotopic (exact) mass is 321 g/mol. The van der Waals surface area contributed by atoms with Gasteiger partial charge in [-0.1, -0.05) is 0 Å². The summed E-state index contributed by atoms with van der Waals surface area (Å²) in [6, 6.07) is 1.34. The summed E-state index contributed by atoms with van der Waals surface area (Å²) in [5, 5.41) is 0. The van der Waals surface area contributed by atoms with Gasteiger partial charge in [0.2, 0.25) is 0 Å². The molecule has 0 radical (unpaired) electrons. The lowest BCUT2D eigenvalue weighted by atomic mass is 10.2. The van der Waals surface area contributed by atoms with Gasteiger partial charge in [0, 0.05) is 5.56 Å². The summed E-state index contributed by atoms with van der Waals surface area (Å²) in [4.78, 5) is 3.38. The third kappa shape index (κ3) is 2.46. The highest BCUT2D eigenvalue weighted by Crippen LogP contribution is 2.24. The molecule has 0 aliphatic rings. The second kappa shape index (κ2) is 4.45. The van der Waals surface area contributed by atoms with E-state index < -0.39 is 17.9 Å². The second-order valence-corrected chi connectivity index (χ2v) is 3.61. The number of pyridine rings is 1. The fraction of sp³-hybridized carbons (Fsp3) is 0.286. The van der Waals surface area contributed by atoms with Crippen molar-refractivity contribution in [2.24, 2.45) is 0 Å². The van der Waals surface area contributed by atoms with Crippen LogP contribution in [0, 0.1) is 9.52 Å².